The van der Waals surface area contributed by atoms with E-state index in [4.69, 9.17) is 4.74 Å². The van der Waals surface area contributed by atoms with Crippen molar-refractivity contribution in [2.75, 3.05) is 7.11 Å². The fourth-order valence-electron chi connectivity index (χ4n) is 3.68. The van der Waals surface area contributed by atoms with Crippen LogP contribution in [0.25, 0.3) is 0 Å². The highest BCUT2D eigenvalue weighted by Gasteiger charge is 2.48. The van der Waals surface area contributed by atoms with E-state index in [1.165, 1.54) is 18.4 Å². The smallest absolute Gasteiger partial charge is 0.185 e. The van der Waals surface area contributed by atoms with Crippen LogP contribution in [0.1, 0.15) is 32.1 Å². The van der Waals surface area contributed by atoms with Crippen molar-refractivity contribution in [3.8, 4) is 0 Å². The van der Waals surface area contributed by atoms with Gasteiger partial charge >= 0.3 is 0 Å². The lowest BCUT2D eigenvalue weighted by Gasteiger charge is -2.42. The molecule has 2 unspecified atom stereocenters. The largest absolute Gasteiger partial charge is 0.381 e. The molecular weight excluding hydrogens is 212 g/mol. The standard InChI is InChI=1S/C15H18O2/c1-17-14-7-2-3-9-15(14)10-8-11-12(15)5-4-6-13(11)16/h4-6,8,14H,2-3,7,9-10H2,1H3. The Balaban J connectivity index is 2.02. The molecule has 2 nitrogen and oxygen atoms in total. The number of allylic oxidation sites excluding steroid dienone is 5. The van der Waals surface area contributed by atoms with Gasteiger partial charge in [0.05, 0.1) is 6.10 Å². The van der Waals surface area contributed by atoms with Crippen molar-refractivity contribution in [1.82, 2.24) is 0 Å². The molecule has 3 rings (SSSR count). The minimum absolute atomic E-state index is 0.0861. The summed E-state index contributed by atoms with van der Waals surface area (Å²) in [7, 11) is 1.80. The molecule has 0 aromatic rings. The Morgan fingerprint density at radius 1 is 1.41 bits per heavy atom. The lowest BCUT2D eigenvalue weighted by molar-refractivity contribution is -0.111. The fraction of sp³-hybridized carbons (Fsp3) is 0.533. The molecule has 1 saturated carbocycles. The van der Waals surface area contributed by atoms with Crippen molar-refractivity contribution in [2.45, 2.75) is 38.2 Å². The van der Waals surface area contributed by atoms with Crippen LogP contribution in [0.3, 0.4) is 0 Å². The maximum atomic E-state index is 11.9. The average Bonchev–Trinajstić information content (AvgIpc) is 2.72. The molecule has 17 heavy (non-hydrogen) atoms. The zero-order valence-electron chi connectivity index (χ0n) is 10.2. The Hall–Kier alpha value is -1.15. The molecule has 90 valence electrons. The lowest BCUT2D eigenvalue weighted by Crippen LogP contribution is -2.39. The van der Waals surface area contributed by atoms with Crippen LogP contribution in [0.15, 0.2) is 35.5 Å². The Bertz CT molecular complexity index is 442. The summed E-state index contributed by atoms with van der Waals surface area (Å²) in [6.07, 6.45) is 13.8. The molecule has 3 aliphatic carbocycles. The third-order valence-corrected chi connectivity index (χ3v) is 4.51. The molecule has 3 aliphatic rings. The van der Waals surface area contributed by atoms with E-state index in [0.29, 0.717) is 0 Å². The van der Waals surface area contributed by atoms with E-state index in [2.05, 4.69) is 12.2 Å². The molecule has 0 heterocycles. The van der Waals surface area contributed by atoms with E-state index >= 15 is 0 Å². The van der Waals surface area contributed by atoms with Crippen molar-refractivity contribution in [1.29, 1.82) is 0 Å². The fourth-order valence-corrected chi connectivity index (χ4v) is 3.68. The van der Waals surface area contributed by atoms with Gasteiger partial charge in [-0.1, -0.05) is 31.1 Å². The zero-order valence-corrected chi connectivity index (χ0v) is 10.2. The van der Waals surface area contributed by atoms with Crippen LogP contribution >= 0.6 is 0 Å². The predicted molar refractivity (Wildman–Crippen MR) is 66.6 cm³/mol. The summed E-state index contributed by atoms with van der Waals surface area (Å²) in [4.78, 5) is 11.9. The number of fused-ring (bicyclic) bond motifs is 2. The van der Waals surface area contributed by atoms with Crippen LogP contribution in [0.2, 0.25) is 0 Å². The maximum absolute atomic E-state index is 11.9. The number of ketones is 1. The predicted octanol–water partition coefficient (Wildman–Crippen LogP) is 2.96. The maximum Gasteiger partial charge on any atom is 0.185 e. The minimum atomic E-state index is 0.0861. The first-order valence-electron chi connectivity index (χ1n) is 6.44. The molecular formula is C15H18O2. The Morgan fingerprint density at radius 3 is 3.12 bits per heavy atom. The quantitative estimate of drug-likeness (QED) is 0.692. The molecule has 1 spiro atoms. The second-order valence-electron chi connectivity index (χ2n) is 5.25. The Kier molecular flexibility index (Phi) is 2.55. The van der Waals surface area contributed by atoms with E-state index in [9.17, 15) is 4.79 Å². The summed E-state index contributed by atoms with van der Waals surface area (Å²) in [5.74, 6) is 0.166. The van der Waals surface area contributed by atoms with E-state index < -0.39 is 0 Å². The summed E-state index contributed by atoms with van der Waals surface area (Å²) >= 11 is 0. The molecule has 1 fully saturated rings. The van der Waals surface area contributed by atoms with Gasteiger partial charge in [0.15, 0.2) is 5.78 Å². The lowest BCUT2D eigenvalue weighted by atomic mass is 9.66. The molecule has 0 radical (unpaired) electrons. The van der Waals surface area contributed by atoms with Crippen molar-refractivity contribution in [3.05, 3.63) is 35.5 Å². The summed E-state index contributed by atoms with van der Waals surface area (Å²) in [5, 5.41) is 0. The highest BCUT2D eigenvalue weighted by molar-refractivity contribution is 6.09. The van der Waals surface area contributed by atoms with Gasteiger partial charge in [0.2, 0.25) is 0 Å². The van der Waals surface area contributed by atoms with Crippen LogP contribution in [-0.4, -0.2) is 19.0 Å². The second-order valence-corrected chi connectivity index (χ2v) is 5.25. The van der Waals surface area contributed by atoms with Gasteiger partial charge in [-0.25, -0.2) is 0 Å². The van der Waals surface area contributed by atoms with Gasteiger partial charge in [-0.15, -0.1) is 0 Å². The van der Waals surface area contributed by atoms with E-state index in [-0.39, 0.29) is 17.3 Å². The van der Waals surface area contributed by atoms with Crippen LogP contribution in [0.4, 0.5) is 0 Å². The van der Waals surface area contributed by atoms with Crippen LogP contribution < -0.4 is 0 Å². The summed E-state index contributed by atoms with van der Waals surface area (Å²) < 4.78 is 5.70. The van der Waals surface area contributed by atoms with Gasteiger partial charge in [0.1, 0.15) is 0 Å². The van der Waals surface area contributed by atoms with Crippen molar-refractivity contribution in [3.63, 3.8) is 0 Å². The van der Waals surface area contributed by atoms with Crippen LogP contribution in [0, 0.1) is 5.41 Å². The summed E-state index contributed by atoms with van der Waals surface area (Å²) in [6, 6.07) is 0. The van der Waals surface area contributed by atoms with E-state index in [0.717, 1.165) is 24.8 Å². The minimum Gasteiger partial charge on any atom is -0.381 e. The SMILES string of the molecule is COC1CCCCC12CC=C1C(=O)C=CC=C12. The number of hydrogen-bond acceptors (Lipinski definition) is 2. The van der Waals surface area contributed by atoms with Gasteiger partial charge < -0.3 is 4.74 Å². The van der Waals surface area contributed by atoms with Crippen LogP contribution in [-0.2, 0) is 9.53 Å². The highest BCUT2D eigenvalue weighted by atomic mass is 16.5. The normalized spacial score (nSPS) is 35.8. The monoisotopic (exact) mass is 230 g/mol. The summed E-state index contributed by atoms with van der Waals surface area (Å²) in [6.45, 7) is 0. The number of methoxy groups -OCH3 is 1. The first-order valence-corrected chi connectivity index (χ1v) is 6.44. The topological polar surface area (TPSA) is 26.3 Å². The number of carbonyl (C=O) groups excluding carboxylic acids is 1. The molecule has 0 saturated heterocycles. The Morgan fingerprint density at radius 2 is 2.29 bits per heavy atom. The van der Waals surface area contributed by atoms with Gasteiger partial charge in [-0.05, 0) is 30.9 Å². The first kappa shape index (κ1) is 11.0. The molecule has 0 aromatic carbocycles. The molecule has 0 aromatic heterocycles. The number of hydrogen-bond donors (Lipinski definition) is 0. The molecule has 2 heteroatoms. The molecule has 0 bridgehead atoms. The third-order valence-electron chi connectivity index (χ3n) is 4.51. The molecule has 0 aliphatic heterocycles. The van der Waals surface area contributed by atoms with Crippen molar-refractivity contribution in [2.24, 2.45) is 5.41 Å². The average molecular weight is 230 g/mol. The van der Waals surface area contributed by atoms with Gasteiger partial charge in [0, 0.05) is 18.1 Å². The van der Waals surface area contributed by atoms with Crippen LogP contribution in [0.5, 0.6) is 0 Å². The molecule has 0 amide bonds. The molecule has 0 N–H and O–H groups in total. The third kappa shape index (κ3) is 1.47. The molecule has 2 atom stereocenters. The highest BCUT2D eigenvalue weighted by Crippen LogP contribution is 2.54. The van der Waals surface area contributed by atoms with Crippen molar-refractivity contribution < 1.29 is 9.53 Å². The Labute approximate surface area is 102 Å². The first-order chi connectivity index (χ1) is 8.28. The zero-order chi connectivity index (χ0) is 11.9. The number of ether oxygens (including phenoxy) is 1. The van der Waals surface area contributed by atoms with Gasteiger partial charge in [-0.2, -0.15) is 0 Å². The van der Waals surface area contributed by atoms with E-state index in [1.807, 2.05) is 6.08 Å². The summed E-state index contributed by atoms with van der Waals surface area (Å²) in [5.41, 5.74) is 2.25. The second kappa shape index (κ2) is 3.95. The van der Waals surface area contributed by atoms with Gasteiger partial charge in [-0.3, -0.25) is 4.79 Å². The van der Waals surface area contributed by atoms with Gasteiger partial charge in [0.25, 0.3) is 0 Å². The van der Waals surface area contributed by atoms with Crippen molar-refractivity contribution >= 4 is 5.78 Å². The number of rotatable bonds is 1. The number of carbonyl (C=O) groups is 1. The van der Waals surface area contributed by atoms with E-state index in [1.54, 1.807) is 13.2 Å².